The zero-order chi connectivity index (χ0) is 16.1. The molecule has 0 aliphatic carbocycles. The van der Waals surface area contributed by atoms with Crippen LogP contribution in [0.2, 0.25) is 0 Å². The van der Waals surface area contributed by atoms with E-state index in [9.17, 15) is 5.11 Å². The van der Waals surface area contributed by atoms with Crippen molar-refractivity contribution < 1.29 is 5.11 Å². The van der Waals surface area contributed by atoms with Crippen LogP contribution in [0.25, 0.3) is 0 Å². The maximum absolute atomic E-state index is 9.53. The van der Waals surface area contributed by atoms with Gasteiger partial charge < -0.3 is 20.7 Å². The first kappa shape index (κ1) is 16.2. The molecular formula is C14H20BrN7O. The maximum atomic E-state index is 9.53. The Hall–Kier alpha value is -1.71. The Bertz CT molecular complexity index is 622. The van der Waals surface area contributed by atoms with Gasteiger partial charge in [-0.1, -0.05) is 0 Å². The molecule has 0 aromatic carbocycles. The molecule has 1 atom stereocenters. The Morgan fingerprint density at radius 1 is 1.39 bits per heavy atom. The number of rotatable bonds is 7. The number of aromatic nitrogens is 4. The molecule has 1 aliphatic heterocycles. The molecule has 2 aromatic heterocycles. The fraction of sp³-hybridized carbons (Fsp3) is 0.500. The minimum atomic E-state index is -0.220. The van der Waals surface area contributed by atoms with Crippen LogP contribution in [0, 0.1) is 0 Å². The summed E-state index contributed by atoms with van der Waals surface area (Å²) in [5.41, 5.74) is 1.08. The second kappa shape index (κ2) is 7.71. The van der Waals surface area contributed by atoms with Crippen molar-refractivity contribution in [1.29, 1.82) is 0 Å². The van der Waals surface area contributed by atoms with Crippen LogP contribution < -0.4 is 10.6 Å². The molecule has 8 nitrogen and oxygen atoms in total. The summed E-state index contributed by atoms with van der Waals surface area (Å²) in [6, 6.07) is 0. The van der Waals surface area contributed by atoms with Crippen molar-refractivity contribution in [2.75, 3.05) is 36.9 Å². The van der Waals surface area contributed by atoms with Crippen molar-refractivity contribution in [1.82, 2.24) is 24.8 Å². The molecule has 0 saturated carbocycles. The minimum Gasteiger partial charge on any atom is -0.392 e. The first-order valence-corrected chi connectivity index (χ1v) is 8.38. The number of aromatic amines is 1. The molecule has 124 valence electrons. The van der Waals surface area contributed by atoms with Gasteiger partial charge in [-0.05, 0) is 22.4 Å². The van der Waals surface area contributed by atoms with E-state index in [1.807, 2.05) is 6.20 Å². The van der Waals surface area contributed by atoms with Crippen molar-refractivity contribution in [3.63, 3.8) is 0 Å². The number of nitrogens with zero attached hydrogens (tertiary/aromatic N) is 4. The molecular weight excluding hydrogens is 362 g/mol. The molecule has 23 heavy (non-hydrogen) atoms. The number of aliphatic hydroxyl groups is 1. The van der Waals surface area contributed by atoms with E-state index >= 15 is 0 Å². The highest BCUT2D eigenvalue weighted by Gasteiger charge is 2.19. The van der Waals surface area contributed by atoms with Crippen LogP contribution in [0.4, 0.5) is 11.8 Å². The average molecular weight is 382 g/mol. The van der Waals surface area contributed by atoms with Crippen molar-refractivity contribution in [2.24, 2.45) is 0 Å². The Morgan fingerprint density at radius 2 is 2.30 bits per heavy atom. The lowest BCUT2D eigenvalue weighted by Crippen LogP contribution is -2.28. The van der Waals surface area contributed by atoms with E-state index in [0.717, 1.165) is 41.9 Å². The zero-order valence-electron chi connectivity index (χ0n) is 12.7. The van der Waals surface area contributed by atoms with Crippen LogP contribution in [0.15, 0.2) is 23.2 Å². The molecule has 4 N–H and O–H groups in total. The second-order valence-corrected chi connectivity index (χ2v) is 6.35. The van der Waals surface area contributed by atoms with Crippen LogP contribution in [0.3, 0.4) is 0 Å². The summed E-state index contributed by atoms with van der Waals surface area (Å²) in [6.07, 6.45) is 6.66. The molecule has 1 saturated heterocycles. The summed E-state index contributed by atoms with van der Waals surface area (Å²) in [5.74, 6) is 1.32. The Morgan fingerprint density at radius 3 is 3.04 bits per heavy atom. The summed E-state index contributed by atoms with van der Waals surface area (Å²) in [5, 5.41) is 16.0. The summed E-state index contributed by atoms with van der Waals surface area (Å²) in [7, 11) is 0. The van der Waals surface area contributed by atoms with E-state index < -0.39 is 0 Å². The minimum absolute atomic E-state index is 0.220. The summed E-state index contributed by atoms with van der Waals surface area (Å²) >= 11 is 3.46. The van der Waals surface area contributed by atoms with Gasteiger partial charge in [0.25, 0.3) is 0 Å². The van der Waals surface area contributed by atoms with E-state index in [1.165, 1.54) is 0 Å². The number of β-amino-alcohol motifs (C(OH)–C–C–N with tert-alkyl or cyclic N) is 1. The summed E-state index contributed by atoms with van der Waals surface area (Å²) in [4.78, 5) is 17.9. The fourth-order valence-electron chi connectivity index (χ4n) is 2.45. The Labute approximate surface area is 142 Å². The lowest BCUT2D eigenvalue weighted by Gasteiger charge is -2.16. The van der Waals surface area contributed by atoms with E-state index in [0.29, 0.717) is 19.2 Å². The van der Waals surface area contributed by atoms with Gasteiger partial charge in [-0.25, -0.2) is 9.97 Å². The topological polar surface area (TPSA) is 102 Å². The highest BCUT2D eigenvalue weighted by Crippen LogP contribution is 2.20. The second-order valence-electron chi connectivity index (χ2n) is 5.50. The monoisotopic (exact) mass is 381 g/mol. The average Bonchev–Trinajstić information content (AvgIpc) is 3.19. The third-order valence-electron chi connectivity index (χ3n) is 3.69. The van der Waals surface area contributed by atoms with Crippen molar-refractivity contribution in [3.8, 4) is 0 Å². The molecule has 1 fully saturated rings. The van der Waals surface area contributed by atoms with Gasteiger partial charge in [-0.15, -0.1) is 0 Å². The lowest BCUT2D eigenvalue weighted by atomic mass is 10.3. The number of hydrogen-bond acceptors (Lipinski definition) is 7. The van der Waals surface area contributed by atoms with Gasteiger partial charge >= 0.3 is 0 Å². The third-order valence-corrected chi connectivity index (χ3v) is 4.27. The molecule has 2 aromatic rings. The van der Waals surface area contributed by atoms with Gasteiger partial charge in [-0.3, -0.25) is 4.90 Å². The first-order valence-electron chi connectivity index (χ1n) is 7.58. The molecule has 0 spiro atoms. The number of aliphatic hydroxyl groups excluding tert-OH is 1. The highest BCUT2D eigenvalue weighted by molar-refractivity contribution is 9.10. The van der Waals surface area contributed by atoms with Crippen LogP contribution >= 0.6 is 15.9 Å². The van der Waals surface area contributed by atoms with Crippen LogP contribution in [0.5, 0.6) is 0 Å². The molecule has 1 unspecified atom stereocenters. The Kier molecular flexibility index (Phi) is 5.42. The van der Waals surface area contributed by atoms with Gasteiger partial charge in [0.05, 0.1) is 23.6 Å². The summed E-state index contributed by atoms with van der Waals surface area (Å²) < 4.78 is 0.823. The quantitative estimate of drug-likeness (QED) is 0.568. The number of imidazole rings is 1. The molecule has 3 heterocycles. The van der Waals surface area contributed by atoms with E-state index in [4.69, 9.17) is 0 Å². The van der Waals surface area contributed by atoms with Crippen molar-refractivity contribution in [3.05, 3.63) is 28.9 Å². The smallest absolute Gasteiger partial charge is 0.225 e. The SMILES string of the molecule is OC1CCN(CNc2ncc(Br)c(NCCc3cnc[nH]3)n2)C1. The van der Waals surface area contributed by atoms with E-state index in [2.05, 4.69) is 51.4 Å². The number of likely N-dealkylation sites (tertiary alicyclic amines) is 1. The number of nitrogens with one attached hydrogen (secondary N) is 3. The van der Waals surface area contributed by atoms with Crippen molar-refractivity contribution in [2.45, 2.75) is 18.9 Å². The van der Waals surface area contributed by atoms with Crippen molar-refractivity contribution >= 4 is 27.7 Å². The van der Waals surface area contributed by atoms with Crippen LogP contribution in [-0.2, 0) is 6.42 Å². The lowest BCUT2D eigenvalue weighted by molar-refractivity contribution is 0.178. The van der Waals surface area contributed by atoms with E-state index in [1.54, 1.807) is 12.5 Å². The van der Waals surface area contributed by atoms with Gasteiger partial charge in [0.2, 0.25) is 5.95 Å². The van der Waals surface area contributed by atoms with Crippen LogP contribution in [0.1, 0.15) is 12.1 Å². The number of H-pyrrole nitrogens is 1. The standard InChI is InChI=1S/C14H20BrN7O/c15-12-6-18-14(20-9-22-4-2-11(23)7-22)21-13(12)17-3-1-10-5-16-8-19-10/h5-6,8,11,23H,1-4,7,9H2,(H,16,19)(H2,17,18,20,21). The Balaban J connectivity index is 1.51. The zero-order valence-corrected chi connectivity index (χ0v) is 14.3. The molecule has 0 bridgehead atoms. The van der Waals surface area contributed by atoms with Gasteiger partial charge in [0.15, 0.2) is 0 Å². The molecule has 3 rings (SSSR count). The predicted octanol–water partition coefficient (Wildman–Crippen LogP) is 1.05. The predicted molar refractivity (Wildman–Crippen MR) is 91.2 cm³/mol. The highest BCUT2D eigenvalue weighted by atomic mass is 79.9. The summed E-state index contributed by atoms with van der Waals surface area (Å²) in [6.45, 7) is 2.96. The number of halogens is 1. The number of anilines is 2. The van der Waals surface area contributed by atoms with Crippen LogP contribution in [-0.4, -0.2) is 62.3 Å². The largest absolute Gasteiger partial charge is 0.392 e. The normalized spacial score (nSPS) is 18.3. The fourth-order valence-corrected chi connectivity index (χ4v) is 2.78. The number of hydrogen-bond donors (Lipinski definition) is 4. The van der Waals surface area contributed by atoms with Gasteiger partial charge in [0, 0.05) is 44.1 Å². The molecule has 1 aliphatic rings. The molecule has 9 heteroatoms. The molecule has 0 radical (unpaired) electrons. The molecule has 0 amide bonds. The van der Waals surface area contributed by atoms with Gasteiger partial charge in [-0.2, -0.15) is 4.98 Å². The first-order chi connectivity index (χ1) is 11.2. The van der Waals surface area contributed by atoms with Gasteiger partial charge in [0.1, 0.15) is 5.82 Å². The van der Waals surface area contributed by atoms with E-state index in [-0.39, 0.29) is 6.10 Å². The maximum Gasteiger partial charge on any atom is 0.225 e. The third kappa shape index (κ3) is 4.63.